The molecule has 32 heavy (non-hydrogen) atoms. The number of rotatable bonds is 11. The van der Waals surface area contributed by atoms with Crippen LogP contribution >= 0.6 is 8.58 Å². The molecule has 170 valence electrons. The molecule has 3 aromatic rings. The monoisotopic (exact) mass is 450 g/mol. The van der Waals surface area contributed by atoms with Gasteiger partial charge in [0.05, 0.1) is 6.10 Å². The molecule has 4 heteroatoms. The quantitative estimate of drug-likeness (QED) is 0.274. The van der Waals surface area contributed by atoms with Crippen molar-refractivity contribution in [3.8, 4) is 5.75 Å². The first kappa shape index (κ1) is 24.5. The highest BCUT2D eigenvalue weighted by Gasteiger charge is 2.31. The molecule has 0 spiro atoms. The molecular weight excluding hydrogens is 415 g/mol. The van der Waals surface area contributed by atoms with Crippen LogP contribution in [0.4, 0.5) is 0 Å². The van der Waals surface area contributed by atoms with Gasteiger partial charge in [0.1, 0.15) is 5.75 Å². The standard InChI is InChI=1S/C28H35O3P/c1-5-17-28(3,32-27-14-10-9-13-24(27)21(2)29)25-19-23(15-16-26(25)31-20-30-4)18-22-11-7-6-8-12-22/h6-16,19,21,29,32H,5,17-18,20H2,1-4H3. The van der Waals surface area contributed by atoms with Crippen molar-refractivity contribution in [2.75, 3.05) is 13.9 Å². The molecule has 0 aliphatic carbocycles. The molecular formula is C28H35O3P. The molecule has 0 aliphatic rings. The number of benzene rings is 3. The first-order chi connectivity index (χ1) is 15.5. The molecule has 0 bridgehead atoms. The Kier molecular flexibility index (Phi) is 8.87. The van der Waals surface area contributed by atoms with Gasteiger partial charge in [0, 0.05) is 17.8 Å². The van der Waals surface area contributed by atoms with E-state index in [9.17, 15) is 5.11 Å². The highest BCUT2D eigenvalue weighted by molar-refractivity contribution is 7.48. The zero-order valence-corrected chi connectivity index (χ0v) is 20.6. The van der Waals surface area contributed by atoms with Gasteiger partial charge >= 0.3 is 0 Å². The third-order valence-electron chi connectivity index (χ3n) is 5.79. The average Bonchev–Trinajstić information content (AvgIpc) is 2.79. The van der Waals surface area contributed by atoms with Crippen molar-refractivity contribution in [2.24, 2.45) is 0 Å². The normalized spacial score (nSPS) is 14.4. The molecule has 0 saturated carbocycles. The highest BCUT2D eigenvalue weighted by Crippen LogP contribution is 2.49. The topological polar surface area (TPSA) is 38.7 Å². The number of aliphatic hydroxyl groups excluding tert-OH is 1. The first-order valence-corrected chi connectivity index (χ1v) is 12.3. The van der Waals surface area contributed by atoms with E-state index in [2.05, 4.69) is 74.5 Å². The molecule has 3 aromatic carbocycles. The van der Waals surface area contributed by atoms with Crippen LogP contribution in [0.2, 0.25) is 0 Å². The van der Waals surface area contributed by atoms with Gasteiger partial charge in [0.15, 0.2) is 6.79 Å². The molecule has 0 heterocycles. The van der Waals surface area contributed by atoms with Crippen LogP contribution in [0.5, 0.6) is 5.75 Å². The number of methoxy groups -OCH3 is 1. The second-order valence-corrected chi connectivity index (χ2v) is 10.4. The molecule has 0 aliphatic heterocycles. The predicted molar refractivity (Wildman–Crippen MR) is 135 cm³/mol. The SMILES string of the molecule is CCCC(C)(Pc1ccccc1C(C)O)c1cc(Cc2ccccc2)ccc1OCOC. The smallest absolute Gasteiger partial charge is 0.188 e. The Morgan fingerprint density at radius 3 is 2.38 bits per heavy atom. The summed E-state index contributed by atoms with van der Waals surface area (Å²) in [6.45, 7) is 6.62. The van der Waals surface area contributed by atoms with Crippen LogP contribution in [-0.2, 0) is 16.3 Å². The van der Waals surface area contributed by atoms with Crippen molar-refractivity contribution in [1.82, 2.24) is 0 Å². The lowest BCUT2D eigenvalue weighted by atomic mass is 9.91. The molecule has 3 atom stereocenters. The highest BCUT2D eigenvalue weighted by atomic mass is 31.1. The summed E-state index contributed by atoms with van der Waals surface area (Å²) in [6.07, 6.45) is 2.48. The minimum Gasteiger partial charge on any atom is -0.467 e. The Morgan fingerprint density at radius 1 is 0.969 bits per heavy atom. The van der Waals surface area contributed by atoms with Gasteiger partial charge in [0.2, 0.25) is 0 Å². The van der Waals surface area contributed by atoms with Gasteiger partial charge in [-0.15, -0.1) is 0 Å². The van der Waals surface area contributed by atoms with E-state index in [0.717, 1.165) is 30.6 Å². The second-order valence-electron chi connectivity index (χ2n) is 8.51. The minimum atomic E-state index is -0.488. The van der Waals surface area contributed by atoms with Crippen LogP contribution in [0.25, 0.3) is 0 Å². The van der Waals surface area contributed by atoms with Crippen LogP contribution in [0.3, 0.4) is 0 Å². The largest absolute Gasteiger partial charge is 0.467 e. The van der Waals surface area contributed by atoms with Crippen molar-refractivity contribution < 1.29 is 14.6 Å². The average molecular weight is 451 g/mol. The molecule has 0 aromatic heterocycles. The maximum Gasteiger partial charge on any atom is 0.188 e. The van der Waals surface area contributed by atoms with E-state index in [1.807, 2.05) is 19.1 Å². The molecule has 0 radical (unpaired) electrons. The van der Waals surface area contributed by atoms with Gasteiger partial charge in [-0.1, -0.05) is 95.6 Å². The number of hydrogen-bond acceptors (Lipinski definition) is 3. The molecule has 3 unspecified atom stereocenters. The Bertz CT molecular complexity index is 987. The molecule has 0 fully saturated rings. The summed E-state index contributed by atoms with van der Waals surface area (Å²) in [4.78, 5) is 0. The van der Waals surface area contributed by atoms with E-state index in [0.29, 0.717) is 8.58 Å². The van der Waals surface area contributed by atoms with Crippen LogP contribution in [0, 0.1) is 0 Å². The first-order valence-electron chi connectivity index (χ1n) is 11.3. The third kappa shape index (κ3) is 6.19. The fourth-order valence-corrected chi connectivity index (χ4v) is 6.15. The van der Waals surface area contributed by atoms with Crippen LogP contribution in [0.1, 0.15) is 62.0 Å². The van der Waals surface area contributed by atoms with Gasteiger partial charge in [-0.3, -0.25) is 0 Å². The Hall–Kier alpha value is -2.19. The summed E-state index contributed by atoms with van der Waals surface area (Å²) in [5.74, 6) is 0.877. The Balaban J connectivity index is 2.04. The molecule has 0 amide bonds. The Morgan fingerprint density at radius 2 is 1.69 bits per heavy atom. The summed E-state index contributed by atoms with van der Waals surface area (Å²) >= 11 is 0. The molecule has 0 saturated heterocycles. The fourth-order valence-electron chi connectivity index (χ4n) is 4.24. The number of hydrogen-bond donors (Lipinski definition) is 1. The van der Waals surface area contributed by atoms with Gasteiger partial charge in [0.25, 0.3) is 0 Å². The van der Waals surface area contributed by atoms with E-state index in [1.165, 1.54) is 22.0 Å². The minimum absolute atomic E-state index is 0.116. The van der Waals surface area contributed by atoms with Crippen molar-refractivity contribution in [1.29, 1.82) is 0 Å². The van der Waals surface area contributed by atoms with Crippen molar-refractivity contribution in [3.05, 3.63) is 95.1 Å². The van der Waals surface area contributed by atoms with E-state index >= 15 is 0 Å². The second kappa shape index (κ2) is 11.6. The van der Waals surface area contributed by atoms with E-state index in [1.54, 1.807) is 7.11 Å². The van der Waals surface area contributed by atoms with Gasteiger partial charge in [-0.05, 0) is 47.8 Å². The maximum atomic E-state index is 10.3. The van der Waals surface area contributed by atoms with Gasteiger partial charge in [-0.2, -0.15) is 0 Å². The summed E-state index contributed by atoms with van der Waals surface area (Å²) < 4.78 is 11.2. The molecule has 3 rings (SSSR count). The molecule has 1 N–H and O–H groups in total. The fraction of sp³-hybridized carbons (Fsp3) is 0.357. The van der Waals surface area contributed by atoms with Crippen LogP contribution in [0.15, 0.2) is 72.8 Å². The van der Waals surface area contributed by atoms with E-state index in [-0.39, 0.29) is 11.9 Å². The zero-order chi connectivity index (χ0) is 23.0. The van der Waals surface area contributed by atoms with E-state index in [4.69, 9.17) is 9.47 Å². The third-order valence-corrected chi connectivity index (χ3v) is 7.59. The van der Waals surface area contributed by atoms with Crippen LogP contribution in [-0.4, -0.2) is 19.0 Å². The lowest BCUT2D eigenvalue weighted by Gasteiger charge is -2.33. The lowest BCUT2D eigenvalue weighted by Crippen LogP contribution is -2.23. The molecule has 3 nitrogen and oxygen atoms in total. The van der Waals surface area contributed by atoms with Crippen molar-refractivity contribution >= 4 is 13.9 Å². The number of ether oxygens (including phenoxy) is 2. The van der Waals surface area contributed by atoms with Gasteiger partial charge < -0.3 is 14.6 Å². The van der Waals surface area contributed by atoms with Crippen molar-refractivity contribution in [2.45, 2.75) is 51.3 Å². The summed E-state index contributed by atoms with van der Waals surface area (Å²) in [6, 6.07) is 25.4. The summed E-state index contributed by atoms with van der Waals surface area (Å²) in [5, 5.41) is 11.4. The van der Waals surface area contributed by atoms with Crippen molar-refractivity contribution in [3.63, 3.8) is 0 Å². The Labute approximate surface area is 194 Å². The van der Waals surface area contributed by atoms with Gasteiger partial charge in [-0.25, -0.2) is 0 Å². The van der Waals surface area contributed by atoms with Crippen LogP contribution < -0.4 is 10.0 Å². The maximum absolute atomic E-state index is 10.3. The predicted octanol–water partition coefficient (Wildman–Crippen LogP) is 6.33. The summed E-state index contributed by atoms with van der Waals surface area (Å²) in [7, 11) is 2.16. The lowest BCUT2D eigenvalue weighted by molar-refractivity contribution is 0.0500. The zero-order valence-electron chi connectivity index (χ0n) is 19.6. The number of aliphatic hydroxyl groups is 1. The summed E-state index contributed by atoms with van der Waals surface area (Å²) in [5.41, 5.74) is 4.78. The van der Waals surface area contributed by atoms with E-state index < -0.39 is 6.10 Å².